The van der Waals surface area contributed by atoms with E-state index in [0.717, 1.165) is 5.57 Å². The lowest BCUT2D eigenvalue weighted by Crippen LogP contribution is -1.97. The molecule has 0 aliphatic heterocycles. The first kappa shape index (κ1) is 12.4. The fourth-order valence-electron chi connectivity index (χ4n) is 1.19. The molecule has 0 aliphatic rings. The summed E-state index contributed by atoms with van der Waals surface area (Å²) < 4.78 is 26.6. The first-order valence-electron chi connectivity index (χ1n) is 4.76. The van der Waals surface area contributed by atoms with Crippen LogP contribution in [0.2, 0.25) is 0 Å². The van der Waals surface area contributed by atoms with Crippen LogP contribution in [0.3, 0.4) is 0 Å². The molecule has 0 spiro atoms. The molecule has 1 aromatic carbocycles. The SMILES string of the molecule is CC(C)/C(=C/c1c(F)cccc1F)CBr. The van der Waals surface area contributed by atoms with E-state index in [1.165, 1.54) is 18.2 Å². The van der Waals surface area contributed by atoms with Gasteiger partial charge in [-0.2, -0.15) is 0 Å². The van der Waals surface area contributed by atoms with Crippen LogP contribution in [0.1, 0.15) is 19.4 Å². The van der Waals surface area contributed by atoms with Gasteiger partial charge in [-0.3, -0.25) is 0 Å². The molecule has 0 fully saturated rings. The molecule has 0 unspecified atom stereocenters. The summed E-state index contributed by atoms with van der Waals surface area (Å²) in [7, 11) is 0. The molecule has 0 aromatic heterocycles. The quantitative estimate of drug-likeness (QED) is 0.717. The van der Waals surface area contributed by atoms with Crippen LogP contribution in [0, 0.1) is 17.6 Å². The Balaban J connectivity index is 3.16. The molecule has 1 rings (SSSR count). The highest BCUT2D eigenvalue weighted by Gasteiger charge is 2.08. The third-order valence-electron chi connectivity index (χ3n) is 2.23. The number of rotatable bonds is 3. The maximum atomic E-state index is 13.3. The van der Waals surface area contributed by atoms with Gasteiger partial charge in [-0.25, -0.2) is 8.78 Å². The Morgan fingerprint density at radius 1 is 1.33 bits per heavy atom. The molecule has 15 heavy (non-hydrogen) atoms. The smallest absolute Gasteiger partial charge is 0.133 e. The van der Waals surface area contributed by atoms with Crippen molar-refractivity contribution in [3.05, 3.63) is 41.0 Å². The Hall–Kier alpha value is -0.700. The van der Waals surface area contributed by atoms with Crippen LogP contribution >= 0.6 is 15.9 Å². The number of hydrogen-bond donors (Lipinski definition) is 0. The predicted molar refractivity (Wildman–Crippen MR) is 63.0 cm³/mol. The average Bonchev–Trinajstić information content (AvgIpc) is 2.17. The summed E-state index contributed by atoms with van der Waals surface area (Å²) in [6.45, 7) is 3.98. The average molecular weight is 275 g/mol. The second-order valence-corrected chi connectivity index (χ2v) is 4.20. The Labute approximate surface area is 97.1 Å². The number of allylic oxidation sites excluding steroid dienone is 1. The van der Waals surface area contributed by atoms with Gasteiger partial charge in [0.05, 0.1) is 0 Å². The van der Waals surface area contributed by atoms with E-state index >= 15 is 0 Å². The van der Waals surface area contributed by atoms with Crippen molar-refractivity contribution in [3.63, 3.8) is 0 Å². The second-order valence-electron chi connectivity index (χ2n) is 3.64. The minimum Gasteiger partial charge on any atom is -0.206 e. The highest BCUT2D eigenvalue weighted by molar-refractivity contribution is 9.09. The largest absolute Gasteiger partial charge is 0.206 e. The molecule has 0 atom stereocenters. The van der Waals surface area contributed by atoms with Gasteiger partial charge in [-0.1, -0.05) is 41.4 Å². The van der Waals surface area contributed by atoms with E-state index in [0.29, 0.717) is 5.33 Å². The van der Waals surface area contributed by atoms with Gasteiger partial charge in [0.1, 0.15) is 11.6 Å². The number of halogens is 3. The van der Waals surface area contributed by atoms with Gasteiger partial charge in [0.2, 0.25) is 0 Å². The van der Waals surface area contributed by atoms with Crippen LogP contribution in [0.15, 0.2) is 23.8 Å². The van der Waals surface area contributed by atoms with Crippen molar-refractivity contribution in [2.45, 2.75) is 13.8 Å². The number of alkyl halides is 1. The highest BCUT2D eigenvalue weighted by Crippen LogP contribution is 2.20. The lowest BCUT2D eigenvalue weighted by Gasteiger charge is -2.08. The summed E-state index contributed by atoms with van der Waals surface area (Å²) in [6, 6.07) is 3.90. The van der Waals surface area contributed by atoms with Gasteiger partial charge in [-0.05, 0) is 24.1 Å². The van der Waals surface area contributed by atoms with Gasteiger partial charge < -0.3 is 0 Å². The molecule has 0 saturated carbocycles. The highest BCUT2D eigenvalue weighted by atomic mass is 79.9. The molecular formula is C12H13BrF2. The first-order valence-corrected chi connectivity index (χ1v) is 5.88. The number of benzene rings is 1. The van der Waals surface area contributed by atoms with Gasteiger partial charge in [0.25, 0.3) is 0 Å². The molecule has 0 aliphatic carbocycles. The molecule has 3 heteroatoms. The molecular weight excluding hydrogens is 262 g/mol. The Kier molecular flexibility index (Phi) is 4.45. The van der Waals surface area contributed by atoms with Gasteiger partial charge in [0, 0.05) is 10.9 Å². The minimum atomic E-state index is -0.519. The topological polar surface area (TPSA) is 0 Å². The summed E-state index contributed by atoms with van der Waals surface area (Å²) in [5, 5.41) is 0.623. The van der Waals surface area contributed by atoms with Crippen molar-refractivity contribution in [2.75, 3.05) is 5.33 Å². The molecule has 0 bridgehead atoms. The molecule has 0 N–H and O–H groups in total. The second kappa shape index (κ2) is 5.40. The van der Waals surface area contributed by atoms with Crippen molar-refractivity contribution >= 4 is 22.0 Å². The number of hydrogen-bond acceptors (Lipinski definition) is 0. The maximum Gasteiger partial charge on any atom is 0.133 e. The van der Waals surface area contributed by atoms with Crippen LogP contribution in [0.5, 0.6) is 0 Å². The maximum absolute atomic E-state index is 13.3. The zero-order valence-electron chi connectivity index (χ0n) is 8.73. The van der Waals surface area contributed by atoms with Gasteiger partial charge in [0.15, 0.2) is 0 Å². The predicted octanol–water partition coefficient (Wildman–Crippen LogP) is 4.40. The van der Waals surface area contributed by atoms with Crippen molar-refractivity contribution in [1.82, 2.24) is 0 Å². The van der Waals surface area contributed by atoms with E-state index in [1.807, 2.05) is 13.8 Å². The van der Waals surface area contributed by atoms with Crippen molar-refractivity contribution in [1.29, 1.82) is 0 Å². The fraction of sp³-hybridized carbons (Fsp3) is 0.333. The summed E-state index contributed by atoms with van der Waals surface area (Å²) in [4.78, 5) is 0. The van der Waals surface area contributed by atoms with Crippen molar-refractivity contribution in [3.8, 4) is 0 Å². The Morgan fingerprint density at radius 3 is 2.27 bits per heavy atom. The zero-order valence-corrected chi connectivity index (χ0v) is 10.3. The Bertz CT molecular complexity index is 350. The van der Waals surface area contributed by atoms with Crippen LogP contribution in [0.4, 0.5) is 8.78 Å². The lowest BCUT2D eigenvalue weighted by molar-refractivity contribution is 0.578. The van der Waals surface area contributed by atoms with Crippen LogP contribution in [-0.2, 0) is 0 Å². The summed E-state index contributed by atoms with van der Waals surface area (Å²) in [6.07, 6.45) is 1.57. The van der Waals surface area contributed by atoms with Crippen molar-refractivity contribution < 1.29 is 8.78 Å². The summed E-state index contributed by atoms with van der Waals surface area (Å²) in [5.41, 5.74) is 1.01. The Morgan fingerprint density at radius 2 is 1.87 bits per heavy atom. The first-order chi connectivity index (χ1) is 7.06. The third kappa shape index (κ3) is 3.13. The van der Waals surface area contributed by atoms with Crippen LogP contribution in [0.25, 0.3) is 6.08 Å². The molecule has 0 saturated heterocycles. The van der Waals surface area contributed by atoms with E-state index in [1.54, 1.807) is 6.08 Å². The lowest BCUT2D eigenvalue weighted by atomic mass is 10.0. The monoisotopic (exact) mass is 274 g/mol. The van der Waals surface area contributed by atoms with Crippen LogP contribution < -0.4 is 0 Å². The molecule has 0 radical (unpaired) electrons. The molecule has 0 nitrogen and oxygen atoms in total. The van der Waals surface area contributed by atoms with Crippen molar-refractivity contribution in [2.24, 2.45) is 5.92 Å². The summed E-state index contributed by atoms with van der Waals surface area (Å²) in [5.74, 6) is -0.772. The third-order valence-corrected chi connectivity index (χ3v) is 2.87. The molecule has 0 heterocycles. The van der Waals surface area contributed by atoms with E-state index in [-0.39, 0.29) is 11.5 Å². The standard InChI is InChI=1S/C12H13BrF2/c1-8(2)9(7-13)6-10-11(14)4-3-5-12(10)15/h3-6,8H,7H2,1-2H3/b9-6+. The summed E-state index contributed by atoms with van der Waals surface area (Å²) >= 11 is 3.31. The zero-order chi connectivity index (χ0) is 11.4. The van der Waals surface area contributed by atoms with Gasteiger partial charge in [-0.15, -0.1) is 0 Å². The fourth-order valence-corrected chi connectivity index (χ4v) is 2.00. The van der Waals surface area contributed by atoms with E-state index in [4.69, 9.17) is 0 Å². The van der Waals surface area contributed by atoms with E-state index < -0.39 is 11.6 Å². The van der Waals surface area contributed by atoms with E-state index in [2.05, 4.69) is 15.9 Å². The van der Waals surface area contributed by atoms with Gasteiger partial charge >= 0.3 is 0 Å². The van der Waals surface area contributed by atoms with E-state index in [9.17, 15) is 8.78 Å². The normalized spacial score (nSPS) is 12.3. The molecule has 82 valence electrons. The molecule has 1 aromatic rings. The van der Waals surface area contributed by atoms with Crippen LogP contribution in [-0.4, -0.2) is 5.33 Å². The molecule has 0 amide bonds. The minimum absolute atomic E-state index is 0.0423.